The lowest BCUT2D eigenvalue weighted by Gasteiger charge is -2.23. The minimum absolute atomic E-state index is 0. The van der Waals surface area contributed by atoms with Crippen LogP contribution in [0.25, 0.3) is 0 Å². The van der Waals surface area contributed by atoms with E-state index in [0.717, 1.165) is 25.5 Å². The highest BCUT2D eigenvalue weighted by Crippen LogP contribution is 2.15. The number of benzene rings is 1. The van der Waals surface area contributed by atoms with Crippen molar-refractivity contribution in [1.29, 1.82) is 0 Å². The van der Waals surface area contributed by atoms with Crippen molar-refractivity contribution in [3.8, 4) is 0 Å². The Balaban J connectivity index is 0.00000180. The number of hydrogen-bond donors (Lipinski definition) is 2. The average Bonchev–Trinajstić information content (AvgIpc) is 2.28. The second kappa shape index (κ2) is 6.65. The summed E-state index contributed by atoms with van der Waals surface area (Å²) in [4.78, 5) is -0.00873. The van der Waals surface area contributed by atoms with E-state index < -0.39 is 15.8 Å². The van der Waals surface area contributed by atoms with Crippen LogP contribution in [-0.4, -0.2) is 27.5 Å². The lowest BCUT2D eigenvalue weighted by atomic mass is 10.1. The molecule has 1 aliphatic heterocycles. The van der Waals surface area contributed by atoms with E-state index in [-0.39, 0.29) is 23.3 Å². The molecular weight excluding hydrogens is 291 g/mol. The van der Waals surface area contributed by atoms with Gasteiger partial charge in [0.1, 0.15) is 5.82 Å². The van der Waals surface area contributed by atoms with Gasteiger partial charge in [0.05, 0.1) is 4.90 Å². The summed E-state index contributed by atoms with van der Waals surface area (Å²) < 4.78 is 40.0. The van der Waals surface area contributed by atoms with Gasteiger partial charge in [0.2, 0.25) is 10.0 Å². The lowest BCUT2D eigenvalue weighted by Crippen LogP contribution is -2.45. The number of piperidine rings is 1. The summed E-state index contributed by atoms with van der Waals surface area (Å²) >= 11 is 0. The van der Waals surface area contributed by atoms with E-state index in [2.05, 4.69) is 10.0 Å². The average molecular weight is 309 g/mol. The van der Waals surface area contributed by atoms with Crippen LogP contribution < -0.4 is 10.0 Å². The van der Waals surface area contributed by atoms with Crippen LogP contribution in [0.15, 0.2) is 23.1 Å². The van der Waals surface area contributed by atoms with E-state index in [1.807, 2.05) is 0 Å². The van der Waals surface area contributed by atoms with Gasteiger partial charge in [-0.25, -0.2) is 17.5 Å². The third-order valence-corrected chi connectivity index (χ3v) is 4.44. The zero-order valence-electron chi connectivity index (χ0n) is 10.6. The van der Waals surface area contributed by atoms with Gasteiger partial charge in [0.15, 0.2) is 0 Å². The van der Waals surface area contributed by atoms with Gasteiger partial charge in [-0.1, -0.05) is 0 Å². The van der Waals surface area contributed by atoms with E-state index in [9.17, 15) is 12.8 Å². The molecule has 4 nitrogen and oxygen atoms in total. The van der Waals surface area contributed by atoms with E-state index in [1.54, 1.807) is 6.92 Å². The van der Waals surface area contributed by atoms with Gasteiger partial charge < -0.3 is 5.32 Å². The number of hydrogen-bond acceptors (Lipinski definition) is 3. The third-order valence-electron chi connectivity index (χ3n) is 2.94. The minimum Gasteiger partial charge on any atom is -0.315 e. The maximum atomic E-state index is 13.2. The molecule has 0 bridgehead atoms. The van der Waals surface area contributed by atoms with Crippen molar-refractivity contribution in [2.75, 3.05) is 13.1 Å². The van der Waals surface area contributed by atoms with Gasteiger partial charge in [-0.05, 0) is 50.1 Å². The molecule has 0 aliphatic carbocycles. The summed E-state index contributed by atoms with van der Waals surface area (Å²) in [5.74, 6) is -0.530. The van der Waals surface area contributed by atoms with Gasteiger partial charge >= 0.3 is 0 Å². The van der Waals surface area contributed by atoms with Crippen molar-refractivity contribution < 1.29 is 12.8 Å². The molecule has 108 valence electrons. The first-order chi connectivity index (χ1) is 8.47. The zero-order chi connectivity index (χ0) is 13.2. The molecule has 1 heterocycles. The van der Waals surface area contributed by atoms with Crippen LogP contribution in [-0.2, 0) is 10.0 Å². The van der Waals surface area contributed by atoms with Crippen molar-refractivity contribution in [2.24, 2.45) is 0 Å². The first-order valence-corrected chi connectivity index (χ1v) is 7.46. The molecule has 1 saturated heterocycles. The Hall–Kier alpha value is -0.690. The summed E-state index contributed by atoms with van der Waals surface area (Å²) in [7, 11) is -3.63. The molecule has 19 heavy (non-hydrogen) atoms. The van der Waals surface area contributed by atoms with Crippen molar-refractivity contribution in [1.82, 2.24) is 10.0 Å². The van der Waals surface area contributed by atoms with Crippen molar-refractivity contribution in [3.05, 3.63) is 29.6 Å². The van der Waals surface area contributed by atoms with E-state index in [0.29, 0.717) is 12.1 Å². The van der Waals surface area contributed by atoms with Crippen LogP contribution in [0.1, 0.15) is 18.4 Å². The predicted octanol–water partition coefficient (Wildman–Crippen LogP) is 1.59. The highest BCUT2D eigenvalue weighted by molar-refractivity contribution is 7.89. The molecule has 2 N–H and O–H groups in total. The van der Waals surface area contributed by atoms with Crippen molar-refractivity contribution in [3.63, 3.8) is 0 Å². The van der Waals surface area contributed by atoms with Crippen LogP contribution in [0.4, 0.5) is 4.39 Å². The molecule has 1 unspecified atom stereocenters. The number of nitrogens with one attached hydrogen (secondary N) is 2. The summed E-state index contributed by atoms with van der Waals surface area (Å²) in [6.45, 7) is 3.20. The quantitative estimate of drug-likeness (QED) is 0.891. The van der Waals surface area contributed by atoms with Gasteiger partial charge in [-0.2, -0.15) is 0 Å². The first kappa shape index (κ1) is 16.4. The smallest absolute Gasteiger partial charge is 0.240 e. The Labute approximate surface area is 119 Å². The molecule has 0 amide bonds. The molecule has 7 heteroatoms. The topological polar surface area (TPSA) is 58.2 Å². The molecule has 1 aromatic rings. The molecule has 1 aliphatic rings. The molecule has 1 atom stereocenters. The Morgan fingerprint density at radius 3 is 2.68 bits per heavy atom. The summed E-state index contributed by atoms with van der Waals surface area (Å²) in [5, 5.41) is 3.13. The van der Waals surface area contributed by atoms with Crippen LogP contribution in [0.3, 0.4) is 0 Å². The van der Waals surface area contributed by atoms with Crippen LogP contribution in [0.2, 0.25) is 0 Å². The normalized spacial score (nSPS) is 19.8. The minimum atomic E-state index is -3.63. The highest BCUT2D eigenvalue weighted by Gasteiger charge is 2.22. The number of rotatable bonds is 3. The van der Waals surface area contributed by atoms with Crippen molar-refractivity contribution >= 4 is 22.4 Å². The standard InChI is InChI=1S/C12H17FN2O2S.ClH/c1-9-5-10(13)7-12(6-9)18(16,17)15-11-3-2-4-14-8-11;/h5-7,11,14-15H,2-4,8H2,1H3;1H. The summed E-state index contributed by atoms with van der Waals surface area (Å²) in [5.41, 5.74) is 0.595. The summed E-state index contributed by atoms with van der Waals surface area (Å²) in [6.07, 6.45) is 1.75. The molecule has 1 aromatic carbocycles. The fraction of sp³-hybridized carbons (Fsp3) is 0.500. The SMILES string of the molecule is Cc1cc(F)cc(S(=O)(=O)NC2CCCNC2)c1.Cl. The van der Waals surface area contributed by atoms with E-state index in [1.165, 1.54) is 12.1 Å². The molecule has 0 radical (unpaired) electrons. The molecular formula is C12H18ClFN2O2S. The van der Waals surface area contributed by atoms with Gasteiger partial charge in [0.25, 0.3) is 0 Å². The van der Waals surface area contributed by atoms with E-state index >= 15 is 0 Å². The molecule has 0 aromatic heterocycles. The first-order valence-electron chi connectivity index (χ1n) is 5.97. The Morgan fingerprint density at radius 1 is 1.37 bits per heavy atom. The highest BCUT2D eigenvalue weighted by atomic mass is 35.5. The second-order valence-corrected chi connectivity index (χ2v) is 6.34. The Bertz CT molecular complexity index is 510. The number of sulfonamides is 1. The van der Waals surface area contributed by atoms with Crippen LogP contribution in [0.5, 0.6) is 0 Å². The fourth-order valence-corrected chi connectivity index (χ4v) is 3.48. The monoisotopic (exact) mass is 308 g/mol. The molecule has 0 saturated carbocycles. The Kier molecular flexibility index (Phi) is 5.73. The summed E-state index contributed by atoms with van der Waals surface area (Å²) in [6, 6.07) is 3.71. The van der Waals surface area contributed by atoms with Crippen LogP contribution >= 0.6 is 12.4 Å². The maximum Gasteiger partial charge on any atom is 0.240 e. The van der Waals surface area contributed by atoms with E-state index in [4.69, 9.17) is 0 Å². The molecule has 0 spiro atoms. The maximum absolute atomic E-state index is 13.2. The molecule has 1 fully saturated rings. The van der Waals surface area contributed by atoms with Gasteiger partial charge in [0, 0.05) is 12.6 Å². The van der Waals surface area contributed by atoms with Gasteiger partial charge in [-0.3, -0.25) is 0 Å². The fourth-order valence-electron chi connectivity index (χ4n) is 2.10. The Morgan fingerprint density at radius 2 is 2.11 bits per heavy atom. The third kappa shape index (κ3) is 4.42. The largest absolute Gasteiger partial charge is 0.315 e. The van der Waals surface area contributed by atoms with Gasteiger partial charge in [-0.15, -0.1) is 12.4 Å². The zero-order valence-corrected chi connectivity index (χ0v) is 12.3. The lowest BCUT2D eigenvalue weighted by molar-refractivity contribution is 0.428. The number of aryl methyl sites for hydroxylation is 1. The van der Waals surface area contributed by atoms with Crippen molar-refractivity contribution in [2.45, 2.75) is 30.7 Å². The number of halogens is 2. The second-order valence-electron chi connectivity index (χ2n) is 4.63. The molecule has 2 rings (SSSR count). The van der Waals surface area contributed by atoms with Crippen LogP contribution in [0, 0.1) is 12.7 Å². The predicted molar refractivity (Wildman–Crippen MR) is 74.6 cm³/mol.